The zero-order valence-corrected chi connectivity index (χ0v) is 18.6. The van der Waals surface area contributed by atoms with Gasteiger partial charge in [0, 0.05) is 44.8 Å². The summed E-state index contributed by atoms with van der Waals surface area (Å²) in [6.45, 7) is 8.90. The normalized spacial score (nSPS) is 14.9. The van der Waals surface area contributed by atoms with Crippen LogP contribution in [0.25, 0.3) is 10.2 Å². The fourth-order valence-corrected chi connectivity index (χ4v) is 4.61. The maximum Gasteiger partial charge on any atom is 0.251 e. The summed E-state index contributed by atoms with van der Waals surface area (Å²) in [4.78, 5) is 21.6. The number of aromatic nitrogens is 1. The van der Waals surface area contributed by atoms with Crippen LogP contribution >= 0.6 is 11.3 Å². The summed E-state index contributed by atoms with van der Waals surface area (Å²) >= 11 is 1.53. The lowest BCUT2D eigenvalue weighted by Crippen LogP contribution is -2.48. The first-order valence-electron chi connectivity index (χ1n) is 10.6. The number of carbonyl (C=O) groups is 1. The van der Waals surface area contributed by atoms with Crippen molar-refractivity contribution in [1.29, 1.82) is 0 Å². The van der Waals surface area contributed by atoms with Gasteiger partial charge in [-0.15, -0.1) is 0 Å². The Kier molecular flexibility index (Phi) is 6.67. The Morgan fingerprint density at radius 3 is 2.61 bits per heavy atom. The molecular formula is C23H27FN4O2S. The summed E-state index contributed by atoms with van der Waals surface area (Å²) in [5.41, 5.74) is 1.48. The Morgan fingerprint density at radius 2 is 1.90 bits per heavy atom. The monoisotopic (exact) mass is 442 g/mol. The van der Waals surface area contributed by atoms with Gasteiger partial charge in [0.1, 0.15) is 11.6 Å². The molecule has 1 saturated heterocycles. The minimum absolute atomic E-state index is 0.0727. The second kappa shape index (κ2) is 9.62. The van der Waals surface area contributed by atoms with Crippen molar-refractivity contribution in [1.82, 2.24) is 15.2 Å². The molecule has 1 aliphatic heterocycles. The molecule has 0 aliphatic carbocycles. The number of hydrogen-bond acceptors (Lipinski definition) is 6. The number of thiazole rings is 1. The van der Waals surface area contributed by atoms with E-state index < -0.39 is 0 Å². The highest BCUT2D eigenvalue weighted by Crippen LogP contribution is 2.29. The second-order valence-corrected chi connectivity index (χ2v) is 8.89. The lowest BCUT2D eigenvalue weighted by Gasteiger charge is -2.34. The quantitative estimate of drug-likeness (QED) is 0.604. The number of ether oxygens (including phenoxy) is 1. The molecule has 8 heteroatoms. The average molecular weight is 443 g/mol. The highest BCUT2D eigenvalue weighted by Gasteiger charge is 2.20. The van der Waals surface area contributed by atoms with Crippen LogP contribution in [0.4, 0.5) is 9.52 Å². The van der Waals surface area contributed by atoms with Gasteiger partial charge in [0.05, 0.1) is 16.3 Å². The smallest absolute Gasteiger partial charge is 0.251 e. The maximum atomic E-state index is 13.4. The Bertz CT molecular complexity index is 1030. The van der Waals surface area contributed by atoms with Gasteiger partial charge in [0.15, 0.2) is 5.13 Å². The number of anilines is 1. The zero-order valence-electron chi connectivity index (χ0n) is 17.8. The molecule has 4 rings (SSSR count). The number of fused-ring (bicyclic) bond motifs is 1. The SMILES string of the molecule is CC(C)Oc1ccc(C(=O)NCCN2CCN(c3nc4ccc(F)cc4s3)CC2)cc1. The summed E-state index contributed by atoms with van der Waals surface area (Å²) in [5, 5.41) is 3.93. The maximum absolute atomic E-state index is 13.4. The molecule has 1 N–H and O–H groups in total. The van der Waals surface area contributed by atoms with Gasteiger partial charge in [0.2, 0.25) is 0 Å². The van der Waals surface area contributed by atoms with E-state index in [-0.39, 0.29) is 17.8 Å². The Labute approximate surface area is 185 Å². The van der Waals surface area contributed by atoms with Crippen molar-refractivity contribution in [3.05, 3.63) is 53.8 Å². The summed E-state index contributed by atoms with van der Waals surface area (Å²) in [5.74, 6) is 0.466. The van der Waals surface area contributed by atoms with Gasteiger partial charge in [-0.05, 0) is 56.3 Å². The van der Waals surface area contributed by atoms with Crippen LogP contribution in [0.1, 0.15) is 24.2 Å². The number of amides is 1. The Hall–Kier alpha value is -2.71. The highest BCUT2D eigenvalue weighted by atomic mass is 32.1. The van der Waals surface area contributed by atoms with Crippen molar-refractivity contribution in [2.75, 3.05) is 44.2 Å². The van der Waals surface area contributed by atoms with Crippen molar-refractivity contribution in [3.8, 4) is 5.75 Å². The van der Waals surface area contributed by atoms with Gasteiger partial charge in [-0.2, -0.15) is 0 Å². The number of piperazine rings is 1. The van der Waals surface area contributed by atoms with Crippen molar-refractivity contribution < 1.29 is 13.9 Å². The third kappa shape index (κ3) is 5.51. The molecule has 0 radical (unpaired) electrons. The number of halogens is 1. The van der Waals surface area contributed by atoms with E-state index in [0.717, 1.165) is 53.8 Å². The van der Waals surface area contributed by atoms with Crippen molar-refractivity contribution in [2.24, 2.45) is 0 Å². The van der Waals surface area contributed by atoms with Crippen LogP contribution in [0, 0.1) is 5.82 Å². The Balaban J connectivity index is 1.21. The average Bonchev–Trinajstić information content (AvgIpc) is 3.17. The minimum Gasteiger partial charge on any atom is -0.491 e. The van der Waals surface area contributed by atoms with E-state index in [2.05, 4.69) is 20.1 Å². The molecule has 0 bridgehead atoms. The number of carbonyl (C=O) groups excluding carboxylic acids is 1. The van der Waals surface area contributed by atoms with Crippen LogP contribution in [0.5, 0.6) is 5.75 Å². The van der Waals surface area contributed by atoms with E-state index in [1.807, 2.05) is 26.0 Å². The molecule has 0 unspecified atom stereocenters. The first-order valence-corrected chi connectivity index (χ1v) is 11.4. The summed E-state index contributed by atoms with van der Waals surface area (Å²) in [6.07, 6.45) is 0.109. The third-order valence-electron chi connectivity index (χ3n) is 5.18. The van der Waals surface area contributed by atoms with Crippen LogP contribution in [-0.2, 0) is 0 Å². The zero-order chi connectivity index (χ0) is 21.8. The first-order chi connectivity index (χ1) is 15.0. The third-order valence-corrected chi connectivity index (χ3v) is 6.26. The van der Waals surface area contributed by atoms with E-state index in [0.29, 0.717) is 12.1 Å². The number of nitrogens with one attached hydrogen (secondary N) is 1. The first kappa shape index (κ1) is 21.5. The standard InChI is InChI=1S/C23H27FN4O2S/c1-16(2)30-19-6-3-17(4-7-19)22(29)25-9-10-27-11-13-28(14-12-27)23-26-20-8-5-18(24)15-21(20)31-23/h3-8,15-16H,9-14H2,1-2H3,(H,25,29). The van der Waals surface area contributed by atoms with Crippen LogP contribution in [-0.4, -0.2) is 61.2 Å². The molecule has 0 spiro atoms. The van der Waals surface area contributed by atoms with Gasteiger partial charge < -0.3 is 15.0 Å². The lowest BCUT2D eigenvalue weighted by atomic mass is 10.2. The topological polar surface area (TPSA) is 57.7 Å². The van der Waals surface area contributed by atoms with E-state index in [1.54, 1.807) is 24.3 Å². The molecule has 6 nitrogen and oxygen atoms in total. The van der Waals surface area contributed by atoms with E-state index in [9.17, 15) is 9.18 Å². The molecule has 164 valence electrons. The lowest BCUT2D eigenvalue weighted by molar-refractivity contribution is 0.0947. The van der Waals surface area contributed by atoms with Gasteiger partial charge in [-0.25, -0.2) is 9.37 Å². The van der Waals surface area contributed by atoms with Crippen LogP contribution in [0.3, 0.4) is 0 Å². The second-order valence-electron chi connectivity index (χ2n) is 7.88. The molecular weight excluding hydrogens is 415 g/mol. The fraction of sp³-hybridized carbons (Fsp3) is 0.391. The molecule has 1 aliphatic rings. The molecule has 1 amide bonds. The molecule has 0 atom stereocenters. The highest BCUT2D eigenvalue weighted by molar-refractivity contribution is 7.22. The molecule has 2 heterocycles. The molecule has 0 saturated carbocycles. The van der Waals surface area contributed by atoms with Crippen molar-refractivity contribution in [3.63, 3.8) is 0 Å². The fourth-order valence-electron chi connectivity index (χ4n) is 3.57. The number of benzene rings is 2. The van der Waals surface area contributed by atoms with E-state index >= 15 is 0 Å². The number of hydrogen-bond donors (Lipinski definition) is 1. The molecule has 31 heavy (non-hydrogen) atoms. The van der Waals surface area contributed by atoms with Gasteiger partial charge in [-0.1, -0.05) is 11.3 Å². The van der Waals surface area contributed by atoms with E-state index in [4.69, 9.17) is 4.74 Å². The minimum atomic E-state index is -0.227. The predicted octanol–water partition coefficient (Wildman–Crippen LogP) is 3.77. The summed E-state index contributed by atoms with van der Waals surface area (Å²) in [7, 11) is 0. The molecule has 1 aromatic heterocycles. The molecule has 2 aromatic carbocycles. The van der Waals surface area contributed by atoms with Gasteiger partial charge in [0.25, 0.3) is 5.91 Å². The summed E-state index contributed by atoms with van der Waals surface area (Å²) < 4.78 is 19.9. The van der Waals surface area contributed by atoms with Crippen LogP contribution in [0.2, 0.25) is 0 Å². The summed E-state index contributed by atoms with van der Waals surface area (Å²) in [6, 6.07) is 11.9. The number of nitrogens with zero attached hydrogens (tertiary/aromatic N) is 3. The van der Waals surface area contributed by atoms with E-state index in [1.165, 1.54) is 17.4 Å². The van der Waals surface area contributed by atoms with Crippen LogP contribution < -0.4 is 15.0 Å². The van der Waals surface area contributed by atoms with Crippen LogP contribution in [0.15, 0.2) is 42.5 Å². The predicted molar refractivity (Wildman–Crippen MR) is 123 cm³/mol. The number of rotatable bonds is 7. The largest absolute Gasteiger partial charge is 0.491 e. The van der Waals surface area contributed by atoms with Crippen molar-refractivity contribution in [2.45, 2.75) is 20.0 Å². The van der Waals surface area contributed by atoms with Gasteiger partial charge >= 0.3 is 0 Å². The molecule has 3 aromatic rings. The van der Waals surface area contributed by atoms with Gasteiger partial charge in [-0.3, -0.25) is 9.69 Å². The van der Waals surface area contributed by atoms with Crippen molar-refractivity contribution >= 4 is 32.6 Å². The Morgan fingerprint density at radius 1 is 1.16 bits per heavy atom. The molecule has 1 fully saturated rings.